The summed E-state index contributed by atoms with van der Waals surface area (Å²) in [5.41, 5.74) is 0. The third kappa shape index (κ3) is 5.95. The average molecular weight is 245 g/mol. The monoisotopic (exact) mass is 244 g/mol. The summed E-state index contributed by atoms with van der Waals surface area (Å²) < 4.78 is 15.7. The van der Waals surface area contributed by atoms with E-state index in [-0.39, 0.29) is 0 Å². The van der Waals surface area contributed by atoms with Crippen LogP contribution in [0.5, 0.6) is 5.75 Å². The lowest BCUT2D eigenvalue weighted by molar-refractivity contribution is 0.0644. The van der Waals surface area contributed by atoms with Gasteiger partial charge in [-0.15, -0.1) is 0 Å². The Kier molecular flexibility index (Phi) is 6.97. The summed E-state index contributed by atoms with van der Waals surface area (Å²) in [5.74, 6) is 0.835. The lowest BCUT2D eigenvalue weighted by Crippen LogP contribution is -2.06. The number of ether oxygens (including phenoxy) is 3. The number of benzene rings is 1. The SMILES string of the molecule is COCCOCCCOc1ccc(Cl)cc1. The van der Waals surface area contributed by atoms with Crippen LogP contribution in [0.3, 0.4) is 0 Å². The van der Waals surface area contributed by atoms with E-state index in [4.69, 9.17) is 25.8 Å². The summed E-state index contributed by atoms with van der Waals surface area (Å²) in [6.07, 6.45) is 0.867. The van der Waals surface area contributed by atoms with Crippen LogP contribution in [0.2, 0.25) is 5.02 Å². The first-order chi connectivity index (χ1) is 7.83. The summed E-state index contributed by atoms with van der Waals surface area (Å²) in [6, 6.07) is 7.33. The molecule has 0 spiro atoms. The minimum atomic E-state index is 0.636. The fourth-order valence-corrected chi connectivity index (χ4v) is 1.25. The van der Waals surface area contributed by atoms with Crippen molar-refractivity contribution in [3.8, 4) is 5.75 Å². The van der Waals surface area contributed by atoms with Crippen molar-refractivity contribution in [3.05, 3.63) is 29.3 Å². The molecule has 1 aromatic rings. The third-order valence-electron chi connectivity index (χ3n) is 1.95. The summed E-state index contributed by atoms with van der Waals surface area (Å²) in [5, 5.41) is 0.718. The summed E-state index contributed by atoms with van der Waals surface area (Å²) in [7, 11) is 1.66. The van der Waals surface area contributed by atoms with Gasteiger partial charge < -0.3 is 14.2 Å². The molecule has 0 N–H and O–H groups in total. The Hall–Kier alpha value is -0.770. The Bertz CT molecular complexity index is 274. The van der Waals surface area contributed by atoms with Gasteiger partial charge >= 0.3 is 0 Å². The highest BCUT2D eigenvalue weighted by Crippen LogP contribution is 2.15. The van der Waals surface area contributed by atoms with E-state index in [2.05, 4.69) is 0 Å². The Morgan fingerprint density at radius 1 is 1.00 bits per heavy atom. The van der Waals surface area contributed by atoms with E-state index in [1.165, 1.54) is 0 Å². The lowest BCUT2D eigenvalue weighted by atomic mass is 10.3. The smallest absolute Gasteiger partial charge is 0.119 e. The zero-order valence-electron chi connectivity index (χ0n) is 9.45. The van der Waals surface area contributed by atoms with Crippen molar-refractivity contribution in [2.24, 2.45) is 0 Å². The Morgan fingerprint density at radius 3 is 2.44 bits per heavy atom. The van der Waals surface area contributed by atoms with E-state index in [0.29, 0.717) is 26.4 Å². The predicted molar refractivity (Wildman–Crippen MR) is 64.3 cm³/mol. The average Bonchev–Trinajstić information content (AvgIpc) is 2.30. The molecule has 90 valence electrons. The molecule has 0 aliphatic carbocycles. The predicted octanol–water partition coefficient (Wildman–Crippen LogP) is 2.77. The van der Waals surface area contributed by atoms with Gasteiger partial charge in [-0.05, 0) is 24.3 Å². The van der Waals surface area contributed by atoms with E-state index < -0.39 is 0 Å². The van der Waals surface area contributed by atoms with Crippen LogP contribution in [0.25, 0.3) is 0 Å². The molecule has 0 bridgehead atoms. The second-order valence-corrected chi connectivity index (χ2v) is 3.70. The quantitative estimate of drug-likeness (QED) is 0.658. The highest BCUT2D eigenvalue weighted by atomic mass is 35.5. The lowest BCUT2D eigenvalue weighted by Gasteiger charge is -2.06. The maximum absolute atomic E-state index is 5.76. The highest BCUT2D eigenvalue weighted by molar-refractivity contribution is 6.30. The van der Waals surface area contributed by atoms with Gasteiger partial charge in [-0.1, -0.05) is 11.6 Å². The van der Waals surface area contributed by atoms with Crippen LogP contribution in [0.1, 0.15) is 6.42 Å². The zero-order chi connectivity index (χ0) is 11.6. The number of hydrogen-bond donors (Lipinski definition) is 0. The van der Waals surface area contributed by atoms with Crippen LogP contribution in [-0.2, 0) is 9.47 Å². The topological polar surface area (TPSA) is 27.7 Å². The molecule has 0 radical (unpaired) electrons. The van der Waals surface area contributed by atoms with Gasteiger partial charge in [-0.25, -0.2) is 0 Å². The third-order valence-corrected chi connectivity index (χ3v) is 2.20. The maximum Gasteiger partial charge on any atom is 0.119 e. The van der Waals surface area contributed by atoms with Crippen molar-refractivity contribution < 1.29 is 14.2 Å². The number of methoxy groups -OCH3 is 1. The van der Waals surface area contributed by atoms with Gasteiger partial charge in [0, 0.05) is 25.2 Å². The molecule has 0 heterocycles. The van der Waals surface area contributed by atoms with Gasteiger partial charge in [0.25, 0.3) is 0 Å². The van der Waals surface area contributed by atoms with Crippen LogP contribution in [0.15, 0.2) is 24.3 Å². The van der Waals surface area contributed by atoms with E-state index in [0.717, 1.165) is 17.2 Å². The first kappa shape index (κ1) is 13.3. The van der Waals surface area contributed by atoms with Gasteiger partial charge in [0.05, 0.1) is 19.8 Å². The van der Waals surface area contributed by atoms with Crippen molar-refractivity contribution in [3.63, 3.8) is 0 Å². The molecule has 0 amide bonds. The molecule has 0 fully saturated rings. The van der Waals surface area contributed by atoms with Crippen molar-refractivity contribution in [2.75, 3.05) is 33.5 Å². The second kappa shape index (κ2) is 8.39. The molecule has 0 aliphatic heterocycles. The molecule has 0 aromatic heterocycles. The van der Waals surface area contributed by atoms with Crippen molar-refractivity contribution >= 4 is 11.6 Å². The van der Waals surface area contributed by atoms with Gasteiger partial charge in [0.1, 0.15) is 5.75 Å². The van der Waals surface area contributed by atoms with E-state index in [9.17, 15) is 0 Å². The van der Waals surface area contributed by atoms with Crippen molar-refractivity contribution in [2.45, 2.75) is 6.42 Å². The van der Waals surface area contributed by atoms with Crippen LogP contribution < -0.4 is 4.74 Å². The van der Waals surface area contributed by atoms with Crippen molar-refractivity contribution in [1.82, 2.24) is 0 Å². The molecular weight excluding hydrogens is 228 g/mol. The molecule has 0 atom stereocenters. The second-order valence-electron chi connectivity index (χ2n) is 3.26. The minimum absolute atomic E-state index is 0.636. The first-order valence-electron chi connectivity index (χ1n) is 5.28. The maximum atomic E-state index is 5.76. The summed E-state index contributed by atoms with van der Waals surface area (Å²) in [6.45, 7) is 2.61. The molecule has 0 aliphatic rings. The molecule has 16 heavy (non-hydrogen) atoms. The number of rotatable bonds is 8. The van der Waals surface area contributed by atoms with Crippen LogP contribution in [-0.4, -0.2) is 33.5 Å². The molecular formula is C12H17ClO3. The molecule has 0 saturated heterocycles. The Morgan fingerprint density at radius 2 is 1.75 bits per heavy atom. The van der Waals surface area contributed by atoms with Crippen LogP contribution >= 0.6 is 11.6 Å². The zero-order valence-corrected chi connectivity index (χ0v) is 10.2. The molecule has 3 nitrogen and oxygen atoms in total. The molecule has 1 rings (SSSR count). The largest absolute Gasteiger partial charge is 0.494 e. The fourth-order valence-electron chi connectivity index (χ4n) is 1.13. The summed E-state index contributed by atoms with van der Waals surface area (Å²) >= 11 is 5.76. The first-order valence-corrected chi connectivity index (χ1v) is 5.66. The summed E-state index contributed by atoms with van der Waals surface area (Å²) in [4.78, 5) is 0. The Labute approximate surface area is 101 Å². The number of hydrogen-bond acceptors (Lipinski definition) is 3. The van der Waals surface area contributed by atoms with Gasteiger partial charge in [0.2, 0.25) is 0 Å². The number of halogens is 1. The molecule has 0 saturated carbocycles. The van der Waals surface area contributed by atoms with Gasteiger partial charge in [-0.2, -0.15) is 0 Å². The minimum Gasteiger partial charge on any atom is -0.494 e. The molecule has 4 heteroatoms. The molecule has 0 unspecified atom stereocenters. The van der Waals surface area contributed by atoms with Crippen LogP contribution in [0, 0.1) is 0 Å². The highest BCUT2D eigenvalue weighted by Gasteiger charge is 1.94. The van der Waals surface area contributed by atoms with E-state index in [1.807, 2.05) is 24.3 Å². The van der Waals surface area contributed by atoms with E-state index in [1.54, 1.807) is 7.11 Å². The van der Waals surface area contributed by atoms with E-state index >= 15 is 0 Å². The van der Waals surface area contributed by atoms with Crippen molar-refractivity contribution in [1.29, 1.82) is 0 Å². The van der Waals surface area contributed by atoms with Gasteiger partial charge in [-0.3, -0.25) is 0 Å². The standard InChI is InChI=1S/C12H17ClO3/c1-14-9-10-15-7-2-8-16-12-5-3-11(13)4-6-12/h3-6H,2,7-10H2,1H3. The molecule has 1 aromatic carbocycles. The Balaban J connectivity index is 2.01. The normalized spacial score (nSPS) is 10.4. The van der Waals surface area contributed by atoms with Gasteiger partial charge in [0.15, 0.2) is 0 Å². The fraction of sp³-hybridized carbons (Fsp3) is 0.500. The van der Waals surface area contributed by atoms with Crippen LogP contribution in [0.4, 0.5) is 0 Å².